The summed E-state index contributed by atoms with van der Waals surface area (Å²) in [7, 11) is 0. The van der Waals surface area contributed by atoms with Crippen molar-refractivity contribution in [3.63, 3.8) is 0 Å². The van der Waals surface area contributed by atoms with E-state index >= 15 is 0 Å². The molecule has 4 heterocycles. The zero-order valence-corrected chi connectivity index (χ0v) is 14.9. The molecule has 0 spiro atoms. The Morgan fingerprint density at radius 3 is 3.04 bits per heavy atom. The number of aryl methyl sites for hydroxylation is 2. The van der Waals surface area contributed by atoms with E-state index in [0.717, 1.165) is 30.9 Å². The second kappa shape index (κ2) is 6.74. The van der Waals surface area contributed by atoms with Gasteiger partial charge < -0.3 is 14.6 Å². The minimum Gasteiger partial charge on any atom is -0.422 e. The number of nitrogens with zero attached hydrogens (tertiary/aromatic N) is 6. The Labute approximate surface area is 150 Å². The van der Waals surface area contributed by atoms with E-state index in [1.54, 1.807) is 6.92 Å². The topological polar surface area (TPSA) is 102 Å². The molecule has 0 aromatic carbocycles. The zero-order valence-electron chi connectivity index (χ0n) is 14.9. The highest BCUT2D eigenvalue weighted by Gasteiger charge is 2.18. The predicted molar refractivity (Wildman–Crippen MR) is 94.2 cm³/mol. The Hall–Kier alpha value is -2.97. The molecule has 0 atom stereocenters. The number of hydrogen-bond acceptors (Lipinski definition) is 7. The number of hydrogen-bond donors (Lipinski definition) is 1. The molecular formula is C17H21N7O2. The lowest BCUT2D eigenvalue weighted by Gasteiger charge is -2.17. The molecule has 136 valence electrons. The number of amides is 1. The molecule has 26 heavy (non-hydrogen) atoms. The summed E-state index contributed by atoms with van der Waals surface area (Å²) < 4.78 is 7.55. The summed E-state index contributed by atoms with van der Waals surface area (Å²) in [6.45, 7) is 6.30. The van der Waals surface area contributed by atoms with Gasteiger partial charge in [-0.05, 0) is 12.5 Å². The van der Waals surface area contributed by atoms with Crippen LogP contribution >= 0.6 is 0 Å². The van der Waals surface area contributed by atoms with Crippen molar-refractivity contribution in [1.82, 2.24) is 29.6 Å². The van der Waals surface area contributed by atoms with E-state index in [9.17, 15) is 4.79 Å². The molecule has 0 saturated heterocycles. The average Bonchev–Trinajstić information content (AvgIpc) is 3.17. The SMILES string of the molecule is CCc1nc2c(NCc3cc4n(n3)CCCN(C(C)=O)C4)ncnc2o1. The Bertz CT molecular complexity index is 946. The summed E-state index contributed by atoms with van der Waals surface area (Å²) >= 11 is 0. The molecular weight excluding hydrogens is 334 g/mol. The van der Waals surface area contributed by atoms with Crippen LogP contribution in [0, 0.1) is 0 Å². The van der Waals surface area contributed by atoms with Crippen molar-refractivity contribution >= 4 is 23.0 Å². The van der Waals surface area contributed by atoms with Gasteiger partial charge in [0.25, 0.3) is 5.71 Å². The fourth-order valence-electron chi connectivity index (χ4n) is 3.13. The van der Waals surface area contributed by atoms with Gasteiger partial charge in [-0.2, -0.15) is 10.1 Å². The summed E-state index contributed by atoms with van der Waals surface area (Å²) in [5.74, 6) is 1.37. The number of oxazole rings is 1. The highest BCUT2D eigenvalue weighted by Crippen LogP contribution is 2.21. The third-order valence-electron chi connectivity index (χ3n) is 4.49. The van der Waals surface area contributed by atoms with E-state index in [1.165, 1.54) is 6.33 Å². The molecule has 1 N–H and O–H groups in total. The highest BCUT2D eigenvalue weighted by atomic mass is 16.4. The van der Waals surface area contributed by atoms with Crippen molar-refractivity contribution < 1.29 is 9.21 Å². The van der Waals surface area contributed by atoms with Gasteiger partial charge in [0.2, 0.25) is 5.91 Å². The molecule has 3 aromatic heterocycles. The number of aromatic nitrogens is 5. The van der Waals surface area contributed by atoms with Gasteiger partial charge in [-0.15, -0.1) is 0 Å². The van der Waals surface area contributed by atoms with Crippen molar-refractivity contribution in [3.05, 3.63) is 29.7 Å². The van der Waals surface area contributed by atoms with Gasteiger partial charge in [0.15, 0.2) is 17.2 Å². The third-order valence-corrected chi connectivity index (χ3v) is 4.49. The molecule has 9 nitrogen and oxygen atoms in total. The molecule has 1 amide bonds. The van der Waals surface area contributed by atoms with Crippen LogP contribution in [0.1, 0.15) is 37.5 Å². The highest BCUT2D eigenvalue weighted by molar-refractivity contribution is 5.80. The van der Waals surface area contributed by atoms with Gasteiger partial charge in [-0.25, -0.2) is 9.97 Å². The molecule has 0 unspecified atom stereocenters. The van der Waals surface area contributed by atoms with Crippen LogP contribution in [-0.4, -0.2) is 42.1 Å². The van der Waals surface area contributed by atoms with Crippen LogP contribution in [0.3, 0.4) is 0 Å². The smallest absolute Gasteiger partial charge is 0.252 e. The maximum absolute atomic E-state index is 11.7. The van der Waals surface area contributed by atoms with E-state index in [2.05, 4.69) is 25.4 Å². The van der Waals surface area contributed by atoms with Gasteiger partial charge in [0.1, 0.15) is 6.33 Å². The van der Waals surface area contributed by atoms with Crippen LogP contribution in [0.2, 0.25) is 0 Å². The van der Waals surface area contributed by atoms with Gasteiger partial charge in [-0.1, -0.05) is 6.92 Å². The summed E-state index contributed by atoms with van der Waals surface area (Å²) in [5.41, 5.74) is 3.07. The number of fused-ring (bicyclic) bond motifs is 2. The zero-order chi connectivity index (χ0) is 18.1. The first kappa shape index (κ1) is 16.5. The van der Waals surface area contributed by atoms with Gasteiger partial charge in [0.05, 0.1) is 24.5 Å². The lowest BCUT2D eigenvalue weighted by Crippen LogP contribution is -2.28. The molecule has 1 aliphatic heterocycles. The van der Waals surface area contributed by atoms with Crippen molar-refractivity contribution in [2.75, 3.05) is 11.9 Å². The number of anilines is 1. The predicted octanol–water partition coefficient (Wildman–Crippen LogP) is 1.74. The molecule has 3 aromatic rings. The first-order chi connectivity index (χ1) is 12.6. The van der Waals surface area contributed by atoms with Crippen molar-refractivity contribution in [2.45, 2.75) is 46.3 Å². The summed E-state index contributed by atoms with van der Waals surface area (Å²) in [6.07, 6.45) is 3.07. The quantitative estimate of drug-likeness (QED) is 0.760. The van der Waals surface area contributed by atoms with Crippen LogP contribution in [-0.2, 0) is 30.8 Å². The van der Waals surface area contributed by atoms with Crippen LogP contribution in [0.5, 0.6) is 0 Å². The Balaban J connectivity index is 1.52. The Morgan fingerprint density at radius 2 is 2.23 bits per heavy atom. The molecule has 0 aliphatic carbocycles. The first-order valence-corrected chi connectivity index (χ1v) is 8.79. The van der Waals surface area contributed by atoms with Crippen molar-refractivity contribution in [2.24, 2.45) is 0 Å². The summed E-state index contributed by atoms with van der Waals surface area (Å²) in [5, 5.41) is 7.92. The van der Waals surface area contributed by atoms with Crippen LogP contribution in [0.15, 0.2) is 16.8 Å². The monoisotopic (exact) mass is 355 g/mol. The molecule has 0 fully saturated rings. The van der Waals surface area contributed by atoms with Crippen LogP contribution < -0.4 is 5.32 Å². The summed E-state index contributed by atoms with van der Waals surface area (Å²) in [6, 6.07) is 2.03. The van der Waals surface area contributed by atoms with Gasteiger partial charge >= 0.3 is 0 Å². The molecule has 0 radical (unpaired) electrons. The fraction of sp³-hybridized carbons (Fsp3) is 0.471. The molecule has 0 bridgehead atoms. The van der Waals surface area contributed by atoms with E-state index in [4.69, 9.17) is 4.42 Å². The van der Waals surface area contributed by atoms with Crippen molar-refractivity contribution in [3.8, 4) is 0 Å². The number of nitrogens with one attached hydrogen (secondary N) is 1. The Morgan fingerprint density at radius 1 is 1.35 bits per heavy atom. The minimum atomic E-state index is 0.0977. The van der Waals surface area contributed by atoms with Gasteiger partial charge in [-0.3, -0.25) is 9.48 Å². The van der Waals surface area contributed by atoms with Crippen LogP contribution in [0.25, 0.3) is 11.2 Å². The summed E-state index contributed by atoms with van der Waals surface area (Å²) in [4.78, 5) is 26.4. The van der Waals surface area contributed by atoms with Gasteiger partial charge in [0, 0.05) is 26.4 Å². The molecule has 1 aliphatic rings. The number of carbonyl (C=O) groups is 1. The number of rotatable bonds is 4. The van der Waals surface area contributed by atoms with E-state index < -0.39 is 0 Å². The van der Waals surface area contributed by atoms with Crippen LogP contribution in [0.4, 0.5) is 5.82 Å². The Kier molecular flexibility index (Phi) is 4.27. The average molecular weight is 355 g/mol. The van der Waals surface area contributed by atoms with Crippen molar-refractivity contribution in [1.29, 1.82) is 0 Å². The second-order valence-electron chi connectivity index (χ2n) is 6.34. The number of carbonyl (C=O) groups excluding carboxylic acids is 1. The molecule has 4 rings (SSSR count). The second-order valence-corrected chi connectivity index (χ2v) is 6.34. The normalized spacial score (nSPS) is 14.3. The lowest BCUT2D eigenvalue weighted by molar-refractivity contribution is -0.129. The third kappa shape index (κ3) is 3.12. The standard InChI is InChI=1S/C17H21N7O2/c1-3-14-21-15-16(19-10-20-17(15)26-14)18-8-12-7-13-9-23(11(2)25)5-4-6-24(13)22-12/h7,10H,3-6,8-9H2,1-2H3,(H,18,19,20). The first-order valence-electron chi connectivity index (χ1n) is 8.79. The molecule has 0 saturated carbocycles. The van der Waals surface area contributed by atoms with E-state index in [0.29, 0.717) is 42.4 Å². The maximum atomic E-state index is 11.7. The maximum Gasteiger partial charge on any atom is 0.252 e. The fourth-order valence-corrected chi connectivity index (χ4v) is 3.13. The van der Waals surface area contributed by atoms with E-state index in [-0.39, 0.29) is 5.91 Å². The molecule has 9 heteroatoms. The van der Waals surface area contributed by atoms with E-state index in [1.807, 2.05) is 22.6 Å². The lowest BCUT2D eigenvalue weighted by atomic mass is 10.3. The minimum absolute atomic E-state index is 0.0977. The largest absolute Gasteiger partial charge is 0.422 e.